The van der Waals surface area contributed by atoms with E-state index in [4.69, 9.17) is 4.74 Å². The molecular weight excluding hydrogens is 307 g/mol. The highest BCUT2D eigenvalue weighted by Crippen LogP contribution is 2.30. The molecule has 6 heteroatoms. The Kier molecular flexibility index (Phi) is 4.93. The van der Waals surface area contributed by atoms with Crippen LogP contribution >= 0.6 is 0 Å². The summed E-state index contributed by atoms with van der Waals surface area (Å²) >= 11 is 0. The van der Waals surface area contributed by atoms with E-state index in [1.807, 2.05) is 13.8 Å². The largest absolute Gasteiger partial charge is 0.494 e. The molecule has 0 spiro atoms. The van der Waals surface area contributed by atoms with Gasteiger partial charge in [-0.25, -0.2) is 0 Å². The molecule has 2 aromatic rings. The Hall–Kier alpha value is -2.50. The molecule has 0 aliphatic rings. The topological polar surface area (TPSA) is 38.3 Å². The molecule has 0 aromatic heterocycles. The fraction of sp³-hybridized carbons (Fsp3) is 0.235. The maximum Gasteiger partial charge on any atom is 0.416 e. The first-order valence-corrected chi connectivity index (χ1v) is 7.03. The molecule has 122 valence electrons. The number of amides is 1. The van der Waals surface area contributed by atoms with E-state index >= 15 is 0 Å². The van der Waals surface area contributed by atoms with E-state index in [0.29, 0.717) is 23.6 Å². The first-order chi connectivity index (χ1) is 10.8. The lowest BCUT2D eigenvalue weighted by Crippen LogP contribution is -2.12. The van der Waals surface area contributed by atoms with E-state index in [1.165, 1.54) is 12.1 Å². The van der Waals surface area contributed by atoms with E-state index < -0.39 is 17.6 Å². The number of benzene rings is 2. The van der Waals surface area contributed by atoms with E-state index in [9.17, 15) is 18.0 Å². The summed E-state index contributed by atoms with van der Waals surface area (Å²) < 4.78 is 42.9. The van der Waals surface area contributed by atoms with Gasteiger partial charge in [0.25, 0.3) is 5.91 Å². The van der Waals surface area contributed by atoms with Crippen molar-refractivity contribution in [3.63, 3.8) is 0 Å². The summed E-state index contributed by atoms with van der Waals surface area (Å²) in [6.07, 6.45) is -4.39. The number of hydrogen-bond donors (Lipinski definition) is 1. The van der Waals surface area contributed by atoms with Crippen LogP contribution < -0.4 is 10.1 Å². The van der Waals surface area contributed by atoms with E-state index in [0.717, 1.165) is 17.7 Å². The van der Waals surface area contributed by atoms with Crippen LogP contribution in [0.2, 0.25) is 0 Å². The highest BCUT2D eigenvalue weighted by atomic mass is 19.4. The van der Waals surface area contributed by atoms with Crippen molar-refractivity contribution >= 4 is 11.6 Å². The first kappa shape index (κ1) is 16.9. The standard InChI is InChI=1S/C17H16F3NO2/c1-3-23-15-9-4-12(10-11(15)2)16(22)21-14-7-5-13(6-8-14)17(18,19)20/h4-10H,3H2,1-2H3,(H,21,22). The number of hydrogen-bond acceptors (Lipinski definition) is 2. The third kappa shape index (κ3) is 4.25. The van der Waals surface area contributed by atoms with Crippen molar-refractivity contribution in [3.05, 3.63) is 59.2 Å². The highest BCUT2D eigenvalue weighted by Gasteiger charge is 2.29. The second-order valence-corrected chi connectivity index (χ2v) is 4.94. The number of aryl methyl sites for hydroxylation is 1. The van der Waals surface area contributed by atoms with Gasteiger partial charge in [0.05, 0.1) is 12.2 Å². The third-order valence-electron chi connectivity index (χ3n) is 3.21. The van der Waals surface area contributed by atoms with E-state index in [1.54, 1.807) is 18.2 Å². The van der Waals surface area contributed by atoms with E-state index in [-0.39, 0.29) is 0 Å². The van der Waals surface area contributed by atoms with Crippen LogP contribution in [-0.2, 0) is 6.18 Å². The smallest absolute Gasteiger partial charge is 0.416 e. The molecule has 0 aliphatic heterocycles. The molecule has 0 unspecified atom stereocenters. The number of anilines is 1. The Labute approximate surface area is 132 Å². The summed E-state index contributed by atoms with van der Waals surface area (Å²) in [6.45, 7) is 4.21. The van der Waals surface area contributed by atoms with Crippen LogP contribution in [0.5, 0.6) is 5.75 Å². The molecule has 0 radical (unpaired) electrons. The Morgan fingerprint density at radius 2 is 1.78 bits per heavy atom. The van der Waals surface area contributed by atoms with Crippen LogP contribution in [-0.4, -0.2) is 12.5 Å². The molecule has 0 saturated heterocycles. The average Bonchev–Trinajstić information content (AvgIpc) is 2.49. The summed E-state index contributed by atoms with van der Waals surface area (Å²) in [5, 5.41) is 2.57. The van der Waals surface area contributed by atoms with Crippen molar-refractivity contribution in [1.82, 2.24) is 0 Å². The van der Waals surface area contributed by atoms with Gasteiger partial charge >= 0.3 is 6.18 Å². The summed E-state index contributed by atoms with van der Waals surface area (Å²) in [7, 11) is 0. The number of nitrogens with one attached hydrogen (secondary N) is 1. The van der Waals surface area contributed by atoms with E-state index in [2.05, 4.69) is 5.32 Å². The fourth-order valence-electron chi connectivity index (χ4n) is 2.05. The number of halogens is 3. The second kappa shape index (κ2) is 6.73. The molecule has 2 rings (SSSR count). The maximum atomic E-state index is 12.5. The molecule has 0 atom stereocenters. The van der Waals surface area contributed by atoms with Gasteiger partial charge in [-0.1, -0.05) is 0 Å². The lowest BCUT2D eigenvalue weighted by atomic mass is 10.1. The highest BCUT2D eigenvalue weighted by molar-refractivity contribution is 6.04. The van der Waals surface area contributed by atoms with Gasteiger partial charge in [0.2, 0.25) is 0 Å². The quantitative estimate of drug-likeness (QED) is 0.888. The predicted molar refractivity (Wildman–Crippen MR) is 81.7 cm³/mol. The van der Waals surface area contributed by atoms with Gasteiger partial charge in [-0.05, 0) is 61.9 Å². The van der Waals surface area contributed by atoms with Gasteiger partial charge in [0.15, 0.2) is 0 Å². The molecule has 0 heterocycles. The molecule has 3 nitrogen and oxygen atoms in total. The zero-order valence-electron chi connectivity index (χ0n) is 12.7. The first-order valence-electron chi connectivity index (χ1n) is 7.03. The molecule has 23 heavy (non-hydrogen) atoms. The lowest BCUT2D eigenvalue weighted by Gasteiger charge is -2.11. The summed E-state index contributed by atoms with van der Waals surface area (Å²) in [4.78, 5) is 12.1. The molecule has 0 fully saturated rings. The minimum atomic E-state index is -4.39. The second-order valence-electron chi connectivity index (χ2n) is 4.94. The number of ether oxygens (including phenoxy) is 1. The van der Waals surface area contributed by atoms with Gasteiger partial charge in [-0.15, -0.1) is 0 Å². The van der Waals surface area contributed by atoms with Crippen LogP contribution in [0.3, 0.4) is 0 Å². The normalized spacial score (nSPS) is 11.2. The summed E-state index contributed by atoms with van der Waals surface area (Å²) in [5.74, 6) is 0.300. The van der Waals surface area contributed by atoms with Crippen molar-refractivity contribution in [3.8, 4) is 5.75 Å². The number of alkyl halides is 3. The van der Waals surface area contributed by atoms with Crippen LogP contribution in [0.25, 0.3) is 0 Å². The van der Waals surface area contributed by atoms with Gasteiger partial charge < -0.3 is 10.1 Å². The van der Waals surface area contributed by atoms with Crippen molar-refractivity contribution in [2.75, 3.05) is 11.9 Å². The van der Waals surface area contributed by atoms with Crippen LogP contribution in [0.4, 0.5) is 18.9 Å². The van der Waals surface area contributed by atoms with Gasteiger partial charge in [-0.3, -0.25) is 4.79 Å². The monoisotopic (exact) mass is 323 g/mol. The van der Waals surface area contributed by atoms with Crippen LogP contribution in [0, 0.1) is 6.92 Å². The lowest BCUT2D eigenvalue weighted by molar-refractivity contribution is -0.137. The maximum absolute atomic E-state index is 12.5. The zero-order chi connectivity index (χ0) is 17.0. The third-order valence-corrected chi connectivity index (χ3v) is 3.21. The number of rotatable bonds is 4. The Bertz CT molecular complexity index is 694. The average molecular weight is 323 g/mol. The molecule has 1 N–H and O–H groups in total. The fourth-order valence-corrected chi connectivity index (χ4v) is 2.05. The Morgan fingerprint density at radius 1 is 1.13 bits per heavy atom. The van der Waals surface area contributed by atoms with Crippen molar-refractivity contribution in [2.45, 2.75) is 20.0 Å². The molecule has 0 saturated carbocycles. The van der Waals surface area contributed by atoms with Gasteiger partial charge in [0, 0.05) is 11.3 Å². The number of carbonyl (C=O) groups is 1. The van der Waals surface area contributed by atoms with Crippen LogP contribution in [0.15, 0.2) is 42.5 Å². The van der Waals surface area contributed by atoms with Gasteiger partial charge in [0.1, 0.15) is 5.75 Å². The van der Waals surface area contributed by atoms with Crippen molar-refractivity contribution in [2.24, 2.45) is 0 Å². The Balaban J connectivity index is 2.11. The molecule has 0 aliphatic carbocycles. The van der Waals surface area contributed by atoms with Gasteiger partial charge in [-0.2, -0.15) is 13.2 Å². The molecular formula is C17H16F3NO2. The van der Waals surface area contributed by atoms with Crippen molar-refractivity contribution < 1.29 is 22.7 Å². The molecule has 2 aromatic carbocycles. The zero-order valence-corrected chi connectivity index (χ0v) is 12.7. The minimum Gasteiger partial charge on any atom is -0.494 e. The molecule has 0 bridgehead atoms. The predicted octanol–water partition coefficient (Wildman–Crippen LogP) is 4.66. The molecule has 1 amide bonds. The summed E-state index contributed by atoms with van der Waals surface area (Å²) in [6, 6.07) is 9.28. The SMILES string of the molecule is CCOc1ccc(C(=O)Nc2ccc(C(F)(F)F)cc2)cc1C. The Morgan fingerprint density at radius 3 is 2.30 bits per heavy atom. The summed E-state index contributed by atoms with van der Waals surface area (Å²) in [5.41, 5.74) is 0.764. The van der Waals surface area contributed by atoms with Crippen LogP contribution in [0.1, 0.15) is 28.4 Å². The van der Waals surface area contributed by atoms with Crippen molar-refractivity contribution in [1.29, 1.82) is 0 Å². The number of carbonyl (C=O) groups excluding carboxylic acids is 1. The minimum absolute atomic E-state index is 0.300.